The van der Waals surface area contributed by atoms with E-state index in [2.05, 4.69) is 52.5 Å². The molecule has 0 unspecified atom stereocenters. The summed E-state index contributed by atoms with van der Waals surface area (Å²) < 4.78 is 2.30. The Morgan fingerprint density at radius 1 is 1.13 bits per heavy atom. The van der Waals surface area contributed by atoms with Crippen molar-refractivity contribution in [2.75, 3.05) is 5.32 Å². The molecule has 3 aromatic heterocycles. The predicted molar refractivity (Wildman–Crippen MR) is 93.4 cm³/mol. The van der Waals surface area contributed by atoms with E-state index in [1.807, 2.05) is 12.1 Å². The van der Waals surface area contributed by atoms with Gasteiger partial charge in [0, 0.05) is 31.2 Å². The summed E-state index contributed by atoms with van der Waals surface area (Å²) in [4.78, 5) is 13.0. The lowest BCUT2D eigenvalue weighted by atomic mass is 10.2. The number of aryl methyl sites for hydroxylation is 1. The summed E-state index contributed by atoms with van der Waals surface area (Å²) in [6.07, 6.45) is 5.26. The average molecular weight is 309 g/mol. The molecule has 120 valence electrons. The predicted octanol–water partition coefficient (Wildman–Crippen LogP) is 3.71. The highest BCUT2D eigenvalue weighted by Gasteiger charge is 2.16. The van der Waals surface area contributed by atoms with Gasteiger partial charge in [-0.25, -0.2) is 9.97 Å². The van der Waals surface area contributed by atoms with Gasteiger partial charge in [-0.05, 0) is 43.0 Å². The maximum Gasteiger partial charge on any atom is 0.145 e. The highest BCUT2D eigenvalue weighted by Crippen LogP contribution is 2.29. The highest BCUT2D eigenvalue weighted by molar-refractivity contribution is 5.91. The minimum atomic E-state index is 0.576. The van der Waals surface area contributed by atoms with Crippen molar-refractivity contribution in [2.24, 2.45) is 5.92 Å². The van der Waals surface area contributed by atoms with Crippen LogP contribution in [0.5, 0.6) is 0 Å². The van der Waals surface area contributed by atoms with Gasteiger partial charge in [-0.1, -0.05) is 13.8 Å². The van der Waals surface area contributed by atoms with Crippen LogP contribution in [-0.4, -0.2) is 19.5 Å². The molecule has 3 heterocycles. The Morgan fingerprint density at radius 2 is 1.87 bits per heavy atom. The van der Waals surface area contributed by atoms with Crippen LogP contribution in [-0.2, 0) is 13.1 Å². The number of fused-ring (bicyclic) bond motifs is 1. The number of nitrogens with one attached hydrogen (secondary N) is 1. The smallest absolute Gasteiger partial charge is 0.145 e. The first kappa shape index (κ1) is 15.5. The van der Waals surface area contributed by atoms with Crippen LogP contribution in [0.1, 0.15) is 30.7 Å². The van der Waals surface area contributed by atoms with Crippen molar-refractivity contribution in [2.45, 2.75) is 40.8 Å². The fourth-order valence-corrected chi connectivity index (χ4v) is 2.88. The number of aromatic nitrogens is 4. The molecule has 5 heteroatoms. The van der Waals surface area contributed by atoms with Gasteiger partial charge >= 0.3 is 0 Å². The van der Waals surface area contributed by atoms with Gasteiger partial charge < -0.3 is 9.88 Å². The minimum absolute atomic E-state index is 0.576. The van der Waals surface area contributed by atoms with E-state index in [1.54, 1.807) is 18.7 Å². The lowest BCUT2D eigenvalue weighted by molar-refractivity contribution is 0.524. The van der Waals surface area contributed by atoms with Crippen LogP contribution in [0, 0.1) is 19.8 Å². The van der Waals surface area contributed by atoms with Crippen LogP contribution in [0.4, 0.5) is 5.82 Å². The Balaban J connectivity index is 1.98. The van der Waals surface area contributed by atoms with Gasteiger partial charge in [-0.15, -0.1) is 0 Å². The van der Waals surface area contributed by atoms with Crippen molar-refractivity contribution in [3.8, 4) is 0 Å². The molecule has 3 rings (SSSR count). The Labute approximate surface area is 136 Å². The van der Waals surface area contributed by atoms with Gasteiger partial charge in [0.2, 0.25) is 0 Å². The van der Waals surface area contributed by atoms with Crippen molar-refractivity contribution >= 4 is 16.9 Å². The van der Waals surface area contributed by atoms with E-state index in [-0.39, 0.29) is 0 Å². The fourth-order valence-electron chi connectivity index (χ4n) is 2.88. The molecule has 1 N–H and O–H groups in total. The monoisotopic (exact) mass is 309 g/mol. The Hall–Kier alpha value is -2.43. The average Bonchev–Trinajstić information content (AvgIpc) is 2.79. The molecule has 3 aromatic rings. The van der Waals surface area contributed by atoms with Crippen LogP contribution < -0.4 is 5.32 Å². The molecule has 0 aliphatic heterocycles. The fraction of sp³-hybridized carbons (Fsp3) is 0.389. The molecule has 23 heavy (non-hydrogen) atoms. The van der Waals surface area contributed by atoms with E-state index in [0.29, 0.717) is 5.92 Å². The largest absolute Gasteiger partial charge is 0.365 e. The third kappa shape index (κ3) is 3.04. The number of pyridine rings is 1. The van der Waals surface area contributed by atoms with Gasteiger partial charge in [0.25, 0.3) is 0 Å². The standard InChI is InChI=1S/C18H23N5/c1-12(2)10-23-14(4)13(3)16-17(21-11-22-18(16)23)20-9-15-5-7-19-8-6-15/h5-8,11-12H,9-10H2,1-4H3,(H,20,21,22). The third-order valence-corrected chi connectivity index (χ3v) is 4.16. The summed E-state index contributed by atoms with van der Waals surface area (Å²) in [6.45, 7) is 10.5. The van der Waals surface area contributed by atoms with E-state index < -0.39 is 0 Å². The molecule has 0 radical (unpaired) electrons. The topological polar surface area (TPSA) is 55.6 Å². The number of rotatable bonds is 5. The molecule has 0 aromatic carbocycles. The summed E-state index contributed by atoms with van der Waals surface area (Å²) >= 11 is 0. The first-order chi connectivity index (χ1) is 11.1. The number of nitrogens with zero attached hydrogens (tertiary/aromatic N) is 4. The zero-order valence-corrected chi connectivity index (χ0v) is 14.2. The first-order valence-corrected chi connectivity index (χ1v) is 8.01. The maximum absolute atomic E-state index is 4.53. The second-order valence-corrected chi connectivity index (χ2v) is 6.34. The van der Waals surface area contributed by atoms with Crippen molar-refractivity contribution < 1.29 is 0 Å². The molecule has 0 saturated carbocycles. The number of anilines is 1. The molecular weight excluding hydrogens is 286 g/mol. The lowest BCUT2D eigenvalue weighted by Gasteiger charge is -2.11. The van der Waals surface area contributed by atoms with Crippen LogP contribution in [0.25, 0.3) is 11.0 Å². The van der Waals surface area contributed by atoms with Crippen LogP contribution in [0.2, 0.25) is 0 Å². The summed E-state index contributed by atoms with van der Waals surface area (Å²) in [7, 11) is 0. The molecule has 0 aliphatic rings. The maximum atomic E-state index is 4.53. The Morgan fingerprint density at radius 3 is 2.57 bits per heavy atom. The van der Waals surface area contributed by atoms with E-state index in [1.165, 1.54) is 16.8 Å². The molecule has 0 spiro atoms. The first-order valence-electron chi connectivity index (χ1n) is 8.01. The van der Waals surface area contributed by atoms with E-state index in [0.717, 1.165) is 29.9 Å². The number of hydrogen-bond donors (Lipinski definition) is 1. The molecule has 0 amide bonds. The van der Waals surface area contributed by atoms with E-state index >= 15 is 0 Å². The van der Waals surface area contributed by atoms with Gasteiger partial charge in [0.15, 0.2) is 0 Å². The van der Waals surface area contributed by atoms with Crippen LogP contribution in [0.15, 0.2) is 30.9 Å². The second kappa shape index (κ2) is 6.36. The van der Waals surface area contributed by atoms with Crippen molar-refractivity contribution in [3.05, 3.63) is 47.7 Å². The molecule has 0 atom stereocenters. The molecule has 0 bridgehead atoms. The Kier molecular flexibility index (Phi) is 4.28. The van der Waals surface area contributed by atoms with Gasteiger partial charge in [0.1, 0.15) is 17.8 Å². The van der Waals surface area contributed by atoms with Crippen molar-refractivity contribution in [1.29, 1.82) is 0 Å². The van der Waals surface area contributed by atoms with Crippen molar-refractivity contribution in [3.63, 3.8) is 0 Å². The number of hydrogen-bond acceptors (Lipinski definition) is 4. The van der Waals surface area contributed by atoms with Gasteiger partial charge in [-0.3, -0.25) is 4.98 Å². The summed E-state index contributed by atoms with van der Waals surface area (Å²) in [5, 5.41) is 4.57. The van der Waals surface area contributed by atoms with E-state index in [4.69, 9.17) is 0 Å². The highest BCUT2D eigenvalue weighted by atomic mass is 15.1. The van der Waals surface area contributed by atoms with E-state index in [9.17, 15) is 0 Å². The molecule has 0 aliphatic carbocycles. The molecule has 5 nitrogen and oxygen atoms in total. The third-order valence-electron chi connectivity index (χ3n) is 4.16. The molecular formula is C18H23N5. The molecule has 0 fully saturated rings. The lowest BCUT2D eigenvalue weighted by Crippen LogP contribution is -2.07. The minimum Gasteiger partial charge on any atom is -0.365 e. The SMILES string of the molecule is Cc1c(C)n(CC(C)C)c2ncnc(NCc3ccncc3)c12. The summed E-state index contributed by atoms with van der Waals surface area (Å²) in [5.74, 6) is 1.47. The summed E-state index contributed by atoms with van der Waals surface area (Å²) in [6, 6.07) is 4.01. The second-order valence-electron chi connectivity index (χ2n) is 6.34. The van der Waals surface area contributed by atoms with Crippen LogP contribution in [0.3, 0.4) is 0 Å². The quantitative estimate of drug-likeness (QED) is 0.780. The summed E-state index contributed by atoms with van der Waals surface area (Å²) in [5.41, 5.74) is 4.71. The normalized spacial score (nSPS) is 11.3. The molecule has 0 saturated heterocycles. The zero-order chi connectivity index (χ0) is 16.4. The van der Waals surface area contributed by atoms with Gasteiger partial charge in [0.05, 0.1) is 5.39 Å². The van der Waals surface area contributed by atoms with Crippen LogP contribution >= 0.6 is 0 Å². The zero-order valence-electron chi connectivity index (χ0n) is 14.2. The van der Waals surface area contributed by atoms with Crippen molar-refractivity contribution in [1.82, 2.24) is 19.5 Å². The van der Waals surface area contributed by atoms with Gasteiger partial charge in [-0.2, -0.15) is 0 Å². The Bertz CT molecular complexity index is 805.